The fourth-order valence-corrected chi connectivity index (χ4v) is 2.52. The van der Waals surface area contributed by atoms with Gasteiger partial charge < -0.3 is 9.47 Å². The molecule has 0 unspecified atom stereocenters. The highest BCUT2D eigenvalue weighted by molar-refractivity contribution is 5.97. The first-order valence-electron chi connectivity index (χ1n) is 7.15. The lowest BCUT2D eigenvalue weighted by Crippen LogP contribution is -2.47. The van der Waals surface area contributed by atoms with Gasteiger partial charge in [-0.3, -0.25) is 0 Å². The molecule has 0 spiro atoms. The maximum absolute atomic E-state index is 13.5. The average Bonchev–Trinajstić information content (AvgIpc) is 2.76. The van der Waals surface area contributed by atoms with Gasteiger partial charge in [0.05, 0.1) is 6.61 Å². The van der Waals surface area contributed by atoms with Gasteiger partial charge in [-0.1, -0.05) is 13.0 Å². The molecule has 2 atom stereocenters. The monoisotopic (exact) mass is 350 g/mol. The van der Waals surface area contributed by atoms with Crippen molar-refractivity contribution in [1.82, 2.24) is 0 Å². The first-order valence-corrected chi connectivity index (χ1v) is 7.15. The Morgan fingerprint density at radius 1 is 1.29 bits per heavy atom. The average molecular weight is 350 g/mol. The Balaban J connectivity index is 2.61. The summed E-state index contributed by atoms with van der Waals surface area (Å²) in [4.78, 5) is 12.0. The van der Waals surface area contributed by atoms with Crippen LogP contribution in [0, 0.1) is 17.6 Å². The first-order chi connectivity index (χ1) is 11.0. The number of rotatable bonds is 3. The molecule has 1 aromatic carbocycles. The van der Waals surface area contributed by atoms with Crippen LogP contribution in [-0.2, 0) is 14.3 Å². The molecule has 0 radical (unpaired) electrons. The van der Waals surface area contributed by atoms with E-state index < -0.39 is 41.1 Å². The predicted octanol–water partition coefficient (Wildman–Crippen LogP) is 4.23. The maximum Gasteiger partial charge on any atom is 0.428 e. The fourth-order valence-electron chi connectivity index (χ4n) is 2.52. The fraction of sp³-hybridized carbons (Fsp3) is 0.438. The van der Waals surface area contributed by atoms with Crippen LogP contribution < -0.4 is 0 Å². The zero-order valence-corrected chi connectivity index (χ0v) is 13.1. The van der Waals surface area contributed by atoms with Crippen molar-refractivity contribution in [1.29, 1.82) is 0 Å². The van der Waals surface area contributed by atoms with Crippen molar-refractivity contribution in [2.45, 2.75) is 32.5 Å². The van der Waals surface area contributed by atoms with Gasteiger partial charge in [-0.25, -0.2) is 13.6 Å². The lowest BCUT2D eigenvalue weighted by molar-refractivity contribution is -0.262. The van der Waals surface area contributed by atoms with E-state index in [0.717, 1.165) is 25.1 Å². The van der Waals surface area contributed by atoms with E-state index in [2.05, 4.69) is 0 Å². The Morgan fingerprint density at radius 2 is 1.92 bits per heavy atom. The van der Waals surface area contributed by atoms with Crippen LogP contribution in [0.15, 0.2) is 24.0 Å². The van der Waals surface area contributed by atoms with Crippen LogP contribution in [0.2, 0.25) is 0 Å². The van der Waals surface area contributed by atoms with Crippen LogP contribution in [-0.4, -0.2) is 24.4 Å². The minimum atomic E-state index is -4.79. The summed E-state index contributed by atoms with van der Waals surface area (Å²) < 4.78 is 76.5. The molecule has 0 saturated heterocycles. The number of carbonyl (C=O) groups is 1. The van der Waals surface area contributed by atoms with Crippen LogP contribution in [0.1, 0.15) is 26.3 Å². The number of ether oxygens (including phenoxy) is 2. The molecule has 8 heteroatoms. The van der Waals surface area contributed by atoms with E-state index in [1.165, 1.54) is 13.8 Å². The minimum Gasteiger partial charge on any atom is -0.470 e. The number of hydrogen-bond donors (Lipinski definition) is 0. The number of alkyl halides is 3. The lowest BCUT2D eigenvalue weighted by Gasteiger charge is -2.32. The molecule has 1 aromatic rings. The Morgan fingerprint density at radius 3 is 2.42 bits per heavy atom. The van der Waals surface area contributed by atoms with Gasteiger partial charge in [-0.05, 0) is 31.5 Å². The summed E-state index contributed by atoms with van der Waals surface area (Å²) in [7, 11) is 0. The standard InChI is InChI=1S/C16H15F5O3/c1-4-23-14(22)13-12(9-5-6-10(17)11(18)7-9)8(2)15(3,24-13)16(19,20)21/h5-8H,4H2,1-3H3/t8-,15+/m0/s1. The Kier molecular flexibility index (Phi) is 4.61. The Bertz CT molecular complexity index is 695. The molecule has 3 nitrogen and oxygen atoms in total. The molecule has 0 N–H and O–H groups in total. The van der Waals surface area contributed by atoms with E-state index >= 15 is 0 Å². The van der Waals surface area contributed by atoms with Gasteiger partial charge in [-0.2, -0.15) is 13.2 Å². The normalized spacial score (nSPS) is 24.1. The number of carbonyl (C=O) groups excluding carboxylic acids is 1. The molecule has 0 aromatic heterocycles. The number of halogens is 5. The van der Waals surface area contributed by atoms with E-state index in [9.17, 15) is 26.7 Å². The first kappa shape index (κ1) is 18.2. The van der Waals surface area contributed by atoms with Crippen molar-refractivity contribution < 1.29 is 36.2 Å². The molecule has 0 aliphatic carbocycles. The number of hydrogen-bond acceptors (Lipinski definition) is 3. The highest BCUT2D eigenvalue weighted by Crippen LogP contribution is 2.52. The second kappa shape index (κ2) is 6.07. The summed E-state index contributed by atoms with van der Waals surface area (Å²) in [5.41, 5.74) is -2.93. The molecule has 1 aliphatic heterocycles. The quantitative estimate of drug-likeness (QED) is 0.605. The van der Waals surface area contributed by atoms with Crippen LogP contribution in [0.25, 0.3) is 5.57 Å². The summed E-state index contributed by atoms with van der Waals surface area (Å²) in [5.74, 6) is -5.45. The third-order valence-corrected chi connectivity index (χ3v) is 4.07. The smallest absolute Gasteiger partial charge is 0.428 e. The molecule has 0 amide bonds. The maximum atomic E-state index is 13.5. The van der Waals surface area contributed by atoms with E-state index in [1.807, 2.05) is 0 Å². The van der Waals surface area contributed by atoms with Crippen LogP contribution in [0.3, 0.4) is 0 Å². The van der Waals surface area contributed by atoms with Crippen molar-refractivity contribution in [3.63, 3.8) is 0 Å². The second-order valence-corrected chi connectivity index (χ2v) is 5.52. The van der Waals surface area contributed by atoms with Crippen LogP contribution in [0.5, 0.6) is 0 Å². The molecule has 1 aliphatic rings. The van der Waals surface area contributed by atoms with Crippen molar-refractivity contribution >= 4 is 11.5 Å². The largest absolute Gasteiger partial charge is 0.470 e. The van der Waals surface area contributed by atoms with Gasteiger partial charge in [-0.15, -0.1) is 0 Å². The van der Waals surface area contributed by atoms with Crippen molar-refractivity contribution in [2.24, 2.45) is 5.92 Å². The molecule has 0 saturated carbocycles. The van der Waals surface area contributed by atoms with Crippen LogP contribution >= 0.6 is 0 Å². The zero-order chi connectivity index (χ0) is 18.3. The van der Waals surface area contributed by atoms with Gasteiger partial charge in [0, 0.05) is 11.5 Å². The Hall–Kier alpha value is -2.12. The third kappa shape index (κ3) is 2.85. The van der Waals surface area contributed by atoms with Crippen molar-refractivity contribution in [3.8, 4) is 0 Å². The van der Waals surface area contributed by atoms with E-state index in [-0.39, 0.29) is 17.7 Å². The van der Waals surface area contributed by atoms with Gasteiger partial charge >= 0.3 is 12.1 Å². The summed E-state index contributed by atoms with van der Waals surface area (Å²) in [6.45, 7) is 3.41. The van der Waals surface area contributed by atoms with Gasteiger partial charge in [0.1, 0.15) is 0 Å². The summed E-state index contributed by atoms with van der Waals surface area (Å²) in [5, 5.41) is 0. The predicted molar refractivity (Wildman–Crippen MR) is 74.6 cm³/mol. The third-order valence-electron chi connectivity index (χ3n) is 4.07. The second-order valence-electron chi connectivity index (χ2n) is 5.52. The molecule has 1 heterocycles. The van der Waals surface area contributed by atoms with Crippen LogP contribution in [0.4, 0.5) is 22.0 Å². The SMILES string of the molecule is CCOC(=O)C1=C(c2ccc(F)c(F)c2)[C@H](C)[C@](C)(C(F)(F)F)O1. The topological polar surface area (TPSA) is 35.5 Å². The lowest BCUT2D eigenvalue weighted by atomic mass is 9.82. The highest BCUT2D eigenvalue weighted by Gasteiger charge is 2.62. The summed E-state index contributed by atoms with van der Waals surface area (Å²) >= 11 is 0. The summed E-state index contributed by atoms with van der Waals surface area (Å²) in [6.07, 6.45) is -4.79. The molecule has 2 rings (SSSR count). The molecule has 132 valence electrons. The Labute approximate surface area is 135 Å². The van der Waals surface area contributed by atoms with E-state index in [4.69, 9.17) is 9.47 Å². The summed E-state index contributed by atoms with van der Waals surface area (Å²) in [6, 6.07) is 2.59. The van der Waals surface area contributed by atoms with Gasteiger partial charge in [0.25, 0.3) is 0 Å². The van der Waals surface area contributed by atoms with Crippen molar-refractivity contribution in [2.75, 3.05) is 6.61 Å². The van der Waals surface area contributed by atoms with Crippen molar-refractivity contribution in [3.05, 3.63) is 41.2 Å². The van der Waals surface area contributed by atoms with Gasteiger partial charge in [0.2, 0.25) is 11.4 Å². The number of benzene rings is 1. The zero-order valence-electron chi connectivity index (χ0n) is 13.1. The number of esters is 1. The minimum absolute atomic E-state index is 0.0718. The molecule has 24 heavy (non-hydrogen) atoms. The van der Waals surface area contributed by atoms with Gasteiger partial charge in [0.15, 0.2) is 11.6 Å². The molecular formula is C16H15F5O3. The molecule has 0 fully saturated rings. The molecule has 0 bridgehead atoms. The van der Waals surface area contributed by atoms with E-state index in [1.54, 1.807) is 0 Å². The highest BCUT2D eigenvalue weighted by atomic mass is 19.4. The van der Waals surface area contributed by atoms with E-state index in [0.29, 0.717) is 0 Å². The molecular weight excluding hydrogens is 335 g/mol.